The summed E-state index contributed by atoms with van der Waals surface area (Å²) in [5, 5.41) is 0. The van der Waals surface area contributed by atoms with E-state index in [2.05, 4.69) is 0 Å². The van der Waals surface area contributed by atoms with E-state index in [1.165, 1.54) is 4.90 Å². The molecule has 1 saturated heterocycles. The number of rotatable bonds is 2. The van der Waals surface area contributed by atoms with E-state index in [0.717, 1.165) is 0 Å². The molecule has 0 aliphatic carbocycles. The van der Waals surface area contributed by atoms with Gasteiger partial charge in [-0.05, 0) is 12.3 Å². The van der Waals surface area contributed by atoms with Gasteiger partial charge < -0.3 is 0 Å². The van der Waals surface area contributed by atoms with Crippen molar-refractivity contribution in [2.45, 2.75) is 48.0 Å². The summed E-state index contributed by atoms with van der Waals surface area (Å²) in [6, 6.07) is 0. The van der Waals surface area contributed by atoms with Crippen LogP contribution in [0.15, 0.2) is 0 Å². The van der Waals surface area contributed by atoms with E-state index in [1.807, 2.05) is 41.5 Å². The van der Waals surface area contributed by atoms with Crippen LogP contribution in [0, 0.1) is 16.7 Å². The number of nitrogens with zero attached hydrogens (tertiary/aromatic N) is 1. The molecule has 0 N–H and O–H groups in total. The predicted octanol–water partition coefficient (Wildman–Crippen LogP) is 2.45. The molecule has 0 saturated carbocycles. The van der Waals surface area contributed by atoms with Gasteiger partial charge in [0.1, 0.15) is 0 Å². The summed E-state index contributed by atoms with van der Waals surface area (Å²) in [6.45, 7) is 12.3. The third kappa shape index (κ3) is 2.28. The van der Waals surface area contributed by atoms with Gasteiger partial charge in [-0.25, -0.2) is 0 Å². The molecule has 16 heavy (non-hydrogen) atoms. The van der Waals surface area contributed by atoms with Gasteiger partial charge in [0, 0.05) is 17.4 Å². The quantitative estimate of drug-likeness (QED) is 0.677. The minimum atomic E-state index is -0.424. The zero-order valence-corrected chi connectivity index (χ0v) is 11.3. The summed E-state index contributed by atoms with van der Waals surface area (Å²) in [5.41, 5.74) is -0.849. The Morgan fingerprint density at radius 2 is 1.44 bits per heavy atom. The first-order valence-electron chi connectivity index (χ1n) is 5.94. The summed E-state index contributed by atoms with van der Waals surface area (Å²) in [6.07, 6.45) is 0.631. The molecular weight excluding hydrogens is 202 g/mol. The molecule has 0 bridgehead atoms. The lowest BCUT2D eigenvalue weighted by molar-refractivity contribution is -0.166. The maximum Gasteiger partial charge on any atom is 0.234 e. The standard InChI is InChI=1S/C13H23NO2/c1-9(2)7-14-10(15)12(3,4)8-13(5,6)11(14)16/h9H,7-8H2,1-6H3. The highest BCUT2D eigenvalue weighted by atomic mass is 16.2. The summed E-state index contributed by atoms with van der Waals surface area (Å²) < 4.78 is 0. The Morgan fingerprint density at radius 3 is 1.75 bits per heavy atom. The maximum atomic E-state index is 12.2. The normalized spacial score (nSPS) is 24.1. The number of carbonyl (C=O) groups is 2. The van der Waals surface area contributed by atoms with Crippen molar-refractivity contribution < 1.29 is 9.59 Å². The van der Waals surface area contributed by atoms with Crippen molar-refractivity contribution >= 4 is 11.8 Å². The van der Waals surface area contributed by atoms with Crippen molar-refractivity contribution in [3.63, 3.8) is 0 Å². The SMILES string of the molecule is CC(C)CN1C(=O)C(C)(C)CC(C)(C)C1=O. The van der Waals surface area contributed by atoms with Gasteiger partial charge in [0.2, 0.25) is 11.8 Å². The number of hydrogen-bond acceptors (Lipinski definition) is 2. The Hall–Kier alpha value is -0.860. The van der Waals surface area contributed by atoms with Crippen molar-refractivity contribution in [2.75, 3.05) is 6.54 Å². The first kappa shape index (κ1) is 13.2. The van der Waals surface area contributed by atoms with Crippen LogP contribution >= 0.6 is 0 Å². The Labute approximate surface area is 98.2 Å². The molecule has 1 aliphatic rings. The predicted molar refractivity (Wildman–Crippen MR) is 63.7 cm³/mol. The summed E-state index contributed by atoms with van der Waals surface area (Å²) in [5.74, 6) is 0.272. The molecule has 92 valence electrons. The number of hydrogen-bond donors (Lipinski definition) is 0. The first-order valence-corrected chi connectivity index (χ1v) is 5.94. The van der Waals surface area contributed by atoms with Gasteiger partial charge in [0.05, 0.1) is 0 Å². The van der Waals surface area contributed by atoms with Gasteiger partial charge in [-0.1, -0.05) is 41.5 Å². The zero-order chi connectivity index (χ0) is 12.7. The van der Waals surface area contributed by atoms with Crippen LogP contribution in [-0.2, 0) is 9.59 Å². The van der Waals surface area contributed by atoms with E-state index in [0.29, 0.717) is 18.9 Å². The summed E-state index contributed by atoms with van der Waals surface area (Å²) in [4.78, 5) is 25.8. The maximum absolute atomic E-state index is 12.2. The Bertz CT molecular complexity index is 290. The lowest BCUT2D eigenvalue weighted by atomic mass is 9.70. The van der Waals surface area contributed by atoms with Crippen molar-refractivity contribution in [3.05, 3.63) is 0 Å². The number of amides is 2. The Kier molecular flexibility index (Phi) is 3.19. The Morgan fingerprint density at radius 1 is 1.06 bits per heavy atom. The molecule has 0 aromatic carbocycles. The van der Waals surface area contributed by atoms with E-state index in [1.54, 1.807) is 0 Å². The monoisotopic (exact) mass is 225 g/mol. The van der Waals surface area contributed by atoms with Gasteiger partial charge in [0.15, 0.2) is 0 Å². The molecule has 0 aromatic heterocycles. The minimum Gasteiger partial charge on any atom is -0.281 e. The number of imide groups is 1. The molecule has 0 aromatic rings. The van der Waals surface area contributed by atoms with Crippen LogP contribution in [0.2, 0.25) is 0 Å². The molecule has 2 amide bonds. The van der Waals surface area contributed by atoms with Crippen LogP contribution in [0.25, 0.3) is 0 Å². The van der Waals surface area contributed by atoms with Crippen molar-refractivity contribution in [2.24, 2.45) is 16.7 Å². The van der Waals surface area contributed by atoms with Gasteiger partial charge in [-0.15, -0.1) is 0 Å². The molecule has 3 heteroatoms. The average molecular weight is 225 g/mol. The lowest BCUT2D eigenvalue weighted by Gasteiger charge is -2.44. The highest BCUT2D eigenvalue weighted by Gasteiger charge is 2.49. The van der Waals surface area contributed by atoms with Crippen molar-refractivity contribution in [1.82, 2.24) is 4.90 Å². The van der Waals surface area contributed by atoms with Gasteiger partial charge in [-0.3, -0.25) is 14.5 Å². The molecule has 0 spiro atoms. The molecule has 1 heterocycles. The van der Waals surface area contributed by atoms with Gasteiger partial charge in [0.25, 0.3) is 0 Å². The van der Waals surface area contributed by atoms with E-state index in [4.69, 9.17) is 0 Å². The average Bonchev–Trinajstić information content (AvgIpc) is 2.08. The number of piperidine rings is 1. The fraction of sp³-hybridized carbons (Fsp3) is 0.846. The van der Waals surface area contributed by atoms with Crippen LogP contribution in [0.5, 0.6) is 0 Å². The third-order valence-electron chi connectivity index (χ3n) is 3.08. The molecule has 1 rings (SSSR count). The number of likely N-dealkylation sites (tertiary alicyclic amines) is 1. The van der Waals surface area contributed by atoms with Gasteiger partial charge >= 0.3 is 0 Å². The second kappa shape index (κ2) is 3.86. The van der Waals surface area contributed by atoms with E-state index < -0.39 is 10.8 Å². The third-order valence-corrected chi connectivity index (χ3v) is 3.08. The van der Waals surface area contributed by atoms with E-state index in [9.17, 15) is 9.59 Å². The molecule has 0 unspecified atom stereocenters. The van der Waals surface area contributed by atoms with E-state index in [-0.39, 0.29) is 11.8 Å². The second-order valence-corrected chi connectivity index (χ2v) is 6.56. The fourth-order valence-electron chi connectivity index (χ4n) is 2.61. The van der Waals surface area contributed by atoms with Crippen LogP contribution < -0.4 is 0 Å². The molecule has 0 radical (unpaired) electrons. The largest absolute Gasteiger partial charge is 0.281 e. The first-order chi connectivity index (χ1) is 7.08. The van der Waals surface area contributed by atoms with Gasteiger partial charge in [-0.2, -0.15) is 0 Å². The highest BCUT2D eigenvalue weighted by Crippen LogP contribution is 2.41. The summed E-state index contributed by atoms with van der Waals surface area (Å²) in [7, 11) is 0. The van der Waals surface area contributed by atoms with Crippen LogP contribution in [-0.4, -0.2) is 23.3 Å². The molecular formula is C13H23NO2. The zero-order valence-electron chi connectivity index (χ0n) is 11.3. The molecule has 1 fully saturated rings. The van der Waals surface area contributed by atoms with Crippen LogP contribution in [0.3, 0.4) is 0 Å². The van der Waals surface area contributed by atoms with E-state index >= 15 is 0 Å². The minimum absolute atomic E-state index is 0.0227. The summed E-state index contributed by atoms with van der Waals surface area (Å²) >= 11 is 0. The fourth-order valence-corrected chi connectivity index (χ4v) is 2.61. The molecule has 0 atom stereocenters. The number of carbonyl (C=O) groups excluding carboxylic acids is 2. The second-order valence-electron chi connectivity index (χ2n) is 6.56. The smallest absolute Gasteiger partial charge is 0.234 e. The van der Waals surface area contributed by atoms with Crippen LogP contribution in [0.4, 0.5) is 0 Å². The molecule has 1 aliphatic heterocycles. The van der Waals surface area contributed by atoms with Crippen LogP contribution in [0.1, 0.15) is 48.0 Å². The highest BCUT2D eigenvalue weighted by molar-refractivity contribution is 6.02. The molecule has 3 nitrogen and oxygen atoms in total. The Balaban J connectivity index is 3.04. The topological polar surface area (TPSA) is 37.4 Å². The van der Waals surface area contributed by atoms with Crippen molar-refractivity contribution in [3.8, 4) is 0 Å². The lowest BCUT2D eigenvalue weighted by Crippen LogP contribution is -2.57. The van der Waals surface area contributed by atoms with Crippen molar-refractivity contribution in [1.29, 1.82) is 0 Å².